The zero-order chi connectivity index (χ0) is 16.7. The zero-order valence-corrected chi connectivity index (χ0v) is 14.4. The van der Waals surface area contributed by atoms with Gasteiger partial charge in [0.2, 0.25) is 5.91 Å². The maximum Gasteiger partial charge on any atom is 0.237 e. The van der Waals surface area contributed by atoms with Crippen molar-refractivity contribution in [2.75, 3.05) is 40.3 Å². The number of hydrogen-bond donors (Lipinski definition) is 2. The Balaban J connectivity index is 1.63. The number of likely N-dealkylation sites (tertiary alicyclic amines) is 1. The van der Waals surface area contributed by atoms with E-state index in [0.717, 1.165) is 25.2 Å². The number of nitrogens with one attached hydrogen (secondary N) is 1. The number of rotatable bonds is 7. The number of carbonyl (C=O) groups excluding carboxylic acids is 1. The summed E-state index contributed by atoms with van der Waals surface area (Å²) >= 11 is 0. The fraction of sp³-hybridized carbons (Fsp3) is 0.611. The van der Waals surface area contributed by atoms with Crippen LogP contribution in [0.4, 0.5) is 0 Å². The first kappa shape index (κ1) is 17.9. The summed E-state index contributed by atoms with van der Waals surface area (Å²) in [5.74, 6) is -0.0583. The number of hydrogen-bond acceptors (Lipinski definition) is 4. The summed E-state index contributed by atoms with van der Waals surface area (Å²) in [7, 11) is 4.29. The van der Waals surface area contributed by atoms with E-state index in [1.165, 1.54) is 12.8 Å². The lowest BCUT2D eigenvalue weighted by Gasteiger charge is -2.35. The van der Waals surface area contributed by atoms with Crippen LogP contribution in [0.1, 0.15) is 18.4 Å². The van der Waals surface area contributed by atoms with Crippen LogP contribution in [0.15, 0.2) is 30.3 Å². The second-order valence-corrected chi connectivity index (χ2v) is 6.62. The van der Waals surface area contributed by atoms with E-state index in [-0.39, 0.29) is 5.91 Å². The van der Waals surface area contributed by atoms with E-state index in [9.17, 15) is 4.79 Å². The van der Waals surface area contributed by atoms with Crippen LogP contribution < -0.4 is 11.1 Å². The van der Waals surface area contributed by atoms with Gasteiger partial charge in [-0.05, 0) is 52.0 Å². The lowest BCUT2D eigenvalue weighted by Crippen LogP contribution is -2.47. The molecule has 0 aliphatic carbocycles. The second kappa shape index (κ2) is 9.01. The Morgan fingerprint density at radius 2 is 1.96 bits per heavy atom. The van der Waals surface area contributed by atoms with Crippen molar-refractivity contribution in [2.24, 2.45) is 5.73 Å². The first-order valence-corrected chi connectivity index (χ1v) is 8.52. The molecule has 1 heterocycles. The highest BCUT2D eigenvalue weighted by atomic mass is 16.2. The van der Waals surface area contributed by atoms with Crippen molar-refractivity contribution < 1.29 is 4.79 Å². The van der Waals surface area contributed by atoms with Gasteiger partial charge in [-0.1, -0.05) is 30.3 Å². The lowest BCUT2D eigenvalue weighted by atomic mass is 10.0. The molecule has 2 rings (SSSR count). The van der Waals surface area contributed by atoms with E-state index in [1.807, 2.05) is 30.3 Å². The number of benzene rings is 1. The Hall–Kier alpha value is -1.43. The van der Waals surface area contributed by atoms with Crippen LogP contribution in [-0.2, 0) is 11.2 Å². The van der Waals surface area contributed by atoms with Gasteiger partial charge < -0.3 is 20.9 Å². The van der Waals surface area contributed by atoms with Gasteiger partial charge >= 0.3 is 0 Å². The van der Waals surface area contributed by atoms with E-state index in [1.54, 1.807) is 0 Å². The molecule has 0 radical (unpaired) electrons. The minimum atomic E-state index is -0.475. The molecule has 3 N–H and O–H groups in total. The summed E-state index contributed by atoms with van der Waals surface area (Å²) in [6.45, 7) is 3.79. The van der Waals surface area contributed by atoms with E-state index < -0.39 is 6.04 Å². The monoisotopic (exact) mass is 318 g/mol. The van der Waals surface area contributed by atoms with Gasteiger partial charge in [-0.25, -0.2) is 0 Å². The molecule has 1 unspecified atom stereocenters. The van der Waals surface area contributed by atoms with Gasteiger partial charge in [-0.15, -0.1) is 0 Å². The molecule has 0 bridgehead atoms. The van der Waals surface area contributed by atoms with Crippen molar-refractivity contribution in [3.63, 3.8) is 0 Å². The van der Waals surface area contributed by atoms with Crippen LogP contribution in [-0.4, -0.2) is 68.1 Å². The molecule has 23 heavy (non-hydrogen) atoms. The number of amides is 1. The average Bonchev–Trinajstić information content (AvgIpc) is 2.56. The summed E-state index contributed by atoms with van der Waals surface area (Å²) in [5, 5.41) is 2.97. The normalized spacial score (nSPS) is 18.1. The van der Waals surface area contributed by atoms with Gasteiger partial charge in [0.25, 0.3) is 0 Å². The molecule has 5 nitrogen and oxygen atoms in total. The predicted octanol–water partition coefficient (Wildman–Crippen LogP) is 0.699. The average molecular weight is 318 g/mol. The van der Waals surface area contributed by atoms with Crippen molar-refractivity contribution in [2.45, 2.75) is 31.3 Å². The second-order valence-electron chi connectivity index (χ2n) is 6.62. The number of carbonyl (C=O) groups is 1. The Morgan fingerprint density at radius 3 is 2.57 bits per heavy atom. The predicted molar refractivity (Wildman–Crippen MR) is 94.3 cm³/mol. The van der Waals surface area contributed by atoms with Crippen LogP contribution >= 0.6 is 0 Å². The first-order valence-electron chi connectivity index (χ1n) is 8.52. The number of nitrogens with zero attached hydrogens (tertiary/aromatic N) is 2. The summed E-state index contributed by atoms with van der Waals surface area (Å²) in [5.41, 5.74) is 7.09. The quantitative estimate of drug-likeness (QED) is 0.777. The highest BCUT2D eigenvalue weighted by molar-refractivity contribution is 5.81. The van der Waals surface area contributed by atoms with E-state index in [4.69, 9.17) is 5.73 Å². The molecule has 1 fully saturated rings. The molecule has 1 atom stereocenters. The minimum Gasteiger partial charge on any atom is -0.353 e. The SMILES string of the molecule is CN(C)C1CCN(CCNC(=O)C(N)Cc2ccccc2)CC1. The summed E-state index contributed by atoms with van der Waals surface area (Å²) in [4.78, 5) is 16.8. The van der Waals surface area contributed by atoms with E-state index in [0.29, 0.717) is 19.0 Å². The molecule has 0 saturated carbocycles. The van der Waals surface area contributed by atoms with Crippen molar-refractivity contribution in [3.05, 3.63) is 35.9 Å². The molecular weight excluding hydrogens is 288 g/mol. The number of nitrogens with two attached hydrogens (primary N) is 1. The topological polar surface area (TPSA) is 61.6 Å². The smallest absolute Gasteiger partial charge is 0.237 e. The van der Waals surface area contributed by atoms with Crippen LogP contribution in [0.25, 0.3) is 0 Å². The molecule has 0 spiro atoms. The van der Waals surface area contributed by atoms with Crippen LogP contribution in [0, 0.1) is 0 Å². The molecule has 1 amide bonds. The van der Waals surface area contributed by atoms with Gasteiger partial charge in [0, 0.05) is 19.1 Å². The van der Waals surface area contributed by atoms with Crippen molar-refractivity contribution in [1.29, 1.82) is 0 Å². The molecule has 0 aromatic heterocycles. The fourth-order valence-corrected chi connectivity index (χ4v) is 3.09. The van der Waals surface area contributed by atoms with Crippen LogP contribution in [0.3, 0.4) is 0 Å². The third kappa shape index (κ3) is 5.94. The molecule has 128 valence electrons. The van der Waals surface area contributed by atoms with Gasteiger partial charge in [-0.2, -0.15) is 0 Å². The maximum absolute atomic E-state index is 12.1. The van der Waals surface area contributed by atoms with Gasteiger partial charge in [0.05, 0.1) is 6.04 Å². The fourth-order valence-electron chi connectivity index (χ4n) is 3.09. The van der Waals surface area contributed by atoms with Crippen molar-refractivity contribution in [3.8, 4) is 0 Å². The summed E-state index contributed by atoms with van der Waals surface area (Å²) in [6, 6.07) is 10.1. The first-order chi connectivity index (χ1) is 11.1. The molecule has 1 aromatic carbocycles. The maximum atomic E-state index is 12.1. The van der Waals surface area contributed by atoms with Gasteiger partial charge in [-0.3, -0.25) is 4.79 Å². The summed E-state index contributed by atoms with van der Waals surface area (Å²) in [6.07, 6.45) is 2.99. The molecule has 1 aliphatic rings. The Bertz CT molecular complexity index is 469. The third-order valence-electron chi connectivity index (χ3n) is 4.65. The highest BCUT2D eigenvalue weighted by Crippen LogP contribution is 2.13. The van der Waals surface area contributed by atoms with Gasteiger partial charge in [0.1, 0.15) is 0 Å². The van der Waals surface area contributed by atoms with Gasteiger partial charge in [0.15, 0.2) is 0 Å². The number of piperidine rings is 1. The molecule has 1 saturated heterocycles. The largest absolute Gasteiger partial charge is 0.353 e. The molecular formula is C18H30N4O. The summed E-state index contributed by atoms with van der Waals surface area (Å²) < 4.78 is 0. The van der Waals surface area contributed by atoms with Crippen LogP contribution in [0.5, 0.6) is 0 Å². The Labute approximate surface area is 139 Å². The Kier molecular flexibility index (Phi) is 7.02. The van der Waals surface area contributed by atoms with E-state index >= 15 is 0 Å². The van der Waals surface area contributed by atoms with Crippen molar-refractivity contribution >= 4 is 5.91 Å². The highest BCUT2D eigenvalue weighted by Gasteiger charge is 2.20. The molecule has 5 heteroatoms. The standard InChI is InChI=1S/C18H30N4O/c1-21(2)16-8-11-22(12-9-16)13-10-20-18(23)17(19)14-15-6-4-3-5-7-15/h3-7,16-17H,8-14,19H2,1-2H3,(H,20,23). The minimum absolute atomic E-state index is 0.0583. The van der Waals surface area contributed by atoms with Crippen molar-refractivity contribution in [1.82, 2.24) is 15.1 Å². The van der Waals surface area contributed by atoms with E-state index in [2.05, 4.69) is 29.2 Å². The third-order valence-corrected chi connectivity index (χ3v) is 4.65. The zero-order valence-electron chi connectivity index (χ0n) is 14.4. The lowest BCUT2D eigenvalue weighted by molar-refractivity contribution is -0.122. The Morgan fingerprint density at radius 1 is 1.30 bits per heavy atom. The molecule has 1 aliphatic heterocycles. The van der Waals surface area contributed by atoms with Crippen LogP contribution in [0.2, 0.25) is 0 Å². The molecule has 1 aromatic rings.